The molecule has 0 amide bonds. The monoisotopic (exact) mass is 354 g/mol. The molecule has 0 radical (unpaired) electrons. The SMILES string of the molecule is CCOC(=O)C1(C(=O)OCC)CC2=C(c3ccccc3)CCC=C[C@H]2C1. The van der Waals surface area contributed by atoms with Crippen molar-refractivity contribution in [2.24, 2.45) is 11.3 Å². The minimum absolute atomic E-state index is 0.0709. The van der Waals surface area contributed by atoms with Crippen molar-refractivity contribution in [1.29, 1.82) is 0 Å². The average Bonchev–Trinajstić information content (AvgIpc) is 2.93. The van der Waals surface area contributed by atoms with Crippen LogP contribution in [0.5, 0.6) is 0 Å². The maximum absolute atomic E-state index is 12.8. The van der Waals surface area contributed by atoms with Gasteiger partial charge in [-0.05, 0) is 50.7 Å². The van der Waals surface area contributed by atoms with E-state index in [4.69, 9.17) is 9.47 Å². The van der Waals surface area contributed by atoms with Gasteiger partial charge in [0.1, 0.15) is 0 Å². The Balaban J connectivity index is 2.06. The highest BCUT2D eigenvalue weighted by atomic mass is 16.6. The third-order valence-electron chi connectivity index (χ3n) is 5.28. The Kier molecular flexibility index (Phi) is 5.60. The molecule has 4 nitrogen and oxygen atoms in total. The molecule has 2 aliphatic carbocycles. The van der Waals surface area contributed by atoms with Gasteiger partial charge in [-0.25, -0.2) is 0 Å². The minimum Gasteiger partial charge on any atom is -0.465 e. The van der Waals surface area contributed by atoms with Gasteiger partial charge in [0.15, 0.2) is 5.41 Å². The summed E-state index contributed by atoms with van der Waals surface area (Å²) in [6.45, 7) is 4.03. The van der Waals surface area contributed by atoms with Crippen molar-refractivity contribution in [3.63, 3.8) is 0 Å². The van der Waals surface area contributed by atoms with Crippen LogP contribution in [-0.4, -0.2) is 25.2 Å². The quantitative estimate of drug-likeness (QED) is 0.449. The Hall–Kier alpha value is -2.36. The Bertz CT molecular complexity index is 712. The first-order valence-corrected chi connectivity index (χ1v) is 9.40. The van der Waals surface area contributed by atoms with Gasteiger partial charge in [-0.15, -0.1) is 0 Å². The molecule has 0 bridgehead atoms. The molecule has 2 aliphatic rings. The Morgan fingerprint density at radius 3 is 2.35 bits per heavy atom. The van der Waals surface area contributed by atoms with Gasteiger partial charge in [-0.2, -0.15) is 0 Å². The molecule has 0 aromatic heterocycles. The number of hydrogen-bond acceptors (Lipinski definition) is 4. The minimum atomic E-state index is -1.23. The topological polar surface area (TPSA) is 52.6 Å². The van der Waals surface area contributed by atoms with Crippen LogP contribution < -0.4 is 0 Å². The van der Waals surface area contributed by atoms with Gasteiger partial charge in [0.25, 0.3) is 0 Å². The molecule has 1 fully saturated rings. The first kappa shape index (κ1) is 18.4. The lowest BCUT2D eigenvalue weighted by Gasteiger charge is -2.24. The van der Waals surface area contributed by atoms with E-state index in [1.54, 1.807) is 13.8 Å². The molecule has 1 aromatic carbocycles. The Labute approximate surface area is 154 Å². The summed E-state index contributed by atoms with van der Waals surface area (Å²) in [5.41, 5.74) is 2.36. The van der Waals surface area contributed by atoms with Crippen LogP contribution in [0.25, 0.3) is 5.57 Å². The molecule has 3 rings (SSSR count). The van der Waals surface area contributed by atoms with Crippen LogP contribution in [0.1, 0.15) is 45.1 Å². The normalized spacial score (nSPS) is 21.1. The fourth-order valence-electron chi connectivity index (χ4n) is 4.09. The molecule has 0 heterocycles. The second-order valence-electron chi connectivity index (χ2n) is 6.85. The largest absolute Gasteiger partial charge is 0.465 e. The smallest absolute Gasteiger partial charge is 0.323 e. The maximum Gasteiger partial charge on any atom is 0.323 e. The molecule has 138 valence electrons. The molecule has 1 saturated carbocycles. The van der Waals surface area contributed by atoms with Crippen molar-refractivity contribution in [2.45, 2.75) is 39.5 Å². The summed E-state index contributed by atoms with van der Waals surface area (Å²) in [5, 5.41) is 0. The molecule has 4 heteroatoms. The van der Waals surface area contributed by atoms with Gasteiger partial charge in [-0.1, -0.05) is 48.1 Å². The fourth-order valence-corrected chi connectivity index (χ4v) is 4.09. The average molecular weight is 354 g/mol. The summed E-state index contributed by atoms with van der Waals surface area (Å²) in [6, 6.07) is 10.2. The predicted molar refractivity (Wildman–Crippen MR) is 100 cm³/mol. The van der Waals surface area contributed by atoms with E-state index in [0.717, 1.165) is 12.8 Å². The van der Waals surface area contributed by atoms with Gasteiger partial charge >= 0.3 is 11.9 Å². The molecule has 0 aliphatic heterocycles. The zero-order valence-electron chi connectivity index (χ0n) is 15.5. The molecule has 26 heavy (non-hydrogen) atoms. The number of carbonyl (C=O) groups is 2. The van der Waals surface area contributed by atoms with Crippen LogP contribution in [0.2, 0.25) is 0 Å². The highest BCUT2D eigenvalue weighted by molar-refractivity contribution is 6.01. The van der Waals surface area contributed by atoms with Gasteiger partial charge < -0.3 is 9.47 Å². The highest BCUT2D eigenvalue weighted by Crippen LogP contribution is 2.51. The number of benzene rings is 1. The first-order valence-electron chi connectivity index (χ1n) is 9.40. The molecule has 1 aromatic rings. The molecule has 0 unspecified atom stereocenters. The number of fused-ring (bicyclic) bond motifs is 1. The van der Waals surface area contributed by atoms with Crippen molar-refractivity contribution < 1.29 is 19.1 Å². The summed E-state index contributed by atoms with van der Waals surface area (Å²) >= 11 is 0. The number of ether oxygens (including phenoxy) is 2. The Morgan fingerprint density at radius 1 is 1.08 bits per heavy atom. The summed E-state index contributed by atoms with van der Waals surface area (Å²) in [6.07, 6.45) is 6.99. The van der Waals surface area contributed by atoms with Crippen LogP contribution in [0.3, 0.4) is 0 Å². The van der Waals surface area contributed by atoms with E-state index in [1.165, 1.54) is 16.7 Å². The van der Waals surface area contributed by atoms with E-state index in [2.05, 4.69) is 24.3 Å². The molecule has 0 spiro atoms. The standard InChI is InChI=1S/C22H26O4/c1-3-25-20(23)22(21(24)26-4-2)14-17-12-8-9-13-18(19(17)15-22)16-10-6-5-7-11-16/h5-8,10-12,17H,3-4,9,13-15H2,1-2H3/t17-/m0/s1. The van der Waals surface area contributed by atoms with E-state index in [-0.39, 0.29) is 19.1 Å². The zero-order valence-corrected chi connectivity index (χ0v) is 15.5. The summed E-state index contributed by atoms with van der Waals surface area (Å²) in [5.74, 6) is -0.846. The van der Waals surface area contributed by atoms with Crippen molar-refractivity contribution in [3.05, 3.63) is 53.6 Å². The summed E-state index contributed by atoms with van der Waals surface area (Å²) in [7, 11) is 0. The van der Waals surface area contributed by atoms with Crippen LogP contribution >= 0.6 is 0 Å². The third-order valence-corrected chi connectivity index (χ3v) is 5.28. The van der Waals surface area contributed by atoms with Crippen LogP contribution in [0.4, 0.5) is 0 Å². The Morgan fingerprint density at radius 2 is 1.73 bits per heavy atom. The second-order valence-corrected chi connectivity index (χ2v) is 6.85. The lowest BCUT2D eigenvalue weighted by molar-refractivity contribution is -0.171. The highest BCUT2D eigenvalue weighted by Gasteiger charge is 2.56. The van der Waals surface area contributed by atoms with E-state index < -0.39 is 17.4 Å². The lowest BCUT2D eigenvalue weighted by atomic mass is 9.84. The predicted octanol–water partition coefficient (Wildman–Crippen LogP) is 4.31. The van der Waals surface area contributed by atoms with Gasteiger partial charge in [-0.3, -0.25) is 9.59 Å². The van der Waals surface area contributed by atoms with E-state index in [1.807, 2.05) is 18.2 Å². The first-order chi connectivity index (χ1) is 12.6. The maximum atomic E-state index is 12.8. The zero-order chi connectivity index (χ0) is 18.6. The van der Waals surface area contributed by atoms with Crippen molar-refractivity contribution in [1.82, 2.24) is 0 Å². The van der Waals surface area contributed by atoms with Gasteiger partial charge in [0.05, 0.1) is 13.2 Å². The molecular formula is C22H26O4. The van der Waals surface area contributed by atoms with Crippen LogP contribution in [0.15, 0.2) is 48.1 Å². The number of allylic oxidation sites excluding steroid dienone is 4. The number of hydrogen-bond donors (Lipinski definition) is 0. The molecule has 0 saturated heterocycles. The molecule has 1 atom stereocenters. The molecule has 0 N–H and O–H groups in total. The number of carbonyl (C=O) groups excluding carboxylic acids is 2. The molecular weight excluding hydrogens is 328 g/mol. The summed E-state index contributed by atoms with van der Waals surface area (Å²) in [4.78, 5) is 25.6. The number of rotatable bonds is 5. The van der Waals surface area contributed by atoms with Crippen molar-refractivity contribution in [2.75, 3.05) is 13.2 Å². The second kappa shape index (κ2) is 7.90. The van der Waals surface area contributed by atoms with Gasteiger partial charge in [0.2, 0.25) is 0 Å². The van der Waals surface area contributed by atoms with Crippen molar-refractivity contribution >= 4 is 17.5 Å². The third kappa shape index (κ3) is 3.33. The number of esters is 2. The lowest BCUT2D eigenvalue weighted by Crippen LogP contribution is -2.40. The fraction of sp³-hybridized carbons (Fsp3) is 0.455. The van der Waals surface area contributed by atoms with E-state index in [9.17, 15) is 9.59 Å². The summed E-state index contributed by atoms with van der Waals surface area (Å²) < 4.78 is 10.6. The van der Waals surface area contributed by atoms with Crippen molar-refractivity contribution in [3.8, 4) is 0 Å². The van der Waals surface area contributed by atoms with E-state index in [0.29, 0.717) is 12.8 Å². The van der Waals surface area contributed by atoms with Crippen LogP contribution in [0, 0.1) is 11.3 Å². The van der Waals surface area contributed by atoms with E-state index >= 15 is 0 Å². The van der Waals surface area contributed by atoms with Gasteiger partial charge in [0, 0.05) is 5.92 Å². The van der Waals surface area contributed by atoms with Crippen LogP contribution in [-0.2, 0) is 19.1 Å².